The fourth-order valence-electron chi connectivity index (χ4n) is 3.99. The highest BCUT2D eigenvalue weighted by Crippen LogP contribution is 2.27. The van der Waals surface area contributed by atoms with Crippen molar-refractivity contribution in [2.24, 2.45) is 11.1 Å². The van der Waals surface area contributed by atoms with Crippen molar-refractivity contribution in [2.45, 2.75) is 68.3 Å². The second-order valence-electron chi connectivity index (χ2n) is 8.16. The van der Waals surface area contributed by atoms with Gasteiger partial charge in [0.1, 0.15) is 0 Å². The summed E-state index contributed by atoms with van der Waals surface area (Å²) < 4.78 is 22.6. The van der Waals surface area contributed by atoms with E-state index in [1.54, 1.807) is 0 Å². The van der Waals surface area contributed by atoms with Crippen LogP contribution in [-0.4, -0.2) is 30.0 Å². The van der Waals surface area contributed by atoms with Gasteiger partial charge in [0.2, 0.25) is 15.9 Å². The van der Waals surface area contributed by atoms with Gasteiger partial charge in [-0.05, 0) is 43.0 Å². The van der Waals surface area contributed by atoms with Crippen LogP contribution in [0.3, 0.4) is 0 Å². The Morgan fingerprint density at radius 3 is 2.53 bits per heavy atom. The summed E-state index contributed by atoms with van der Waals surface area (Å²) in [6.07, 6.45) is 8.49. The monoisotopic (exact) mass is 478 g/mol. The maximum atomic E-state index is 12.7. The van der Waals surface area contributed by atoms with Crippen LogP contribution in [0.15, 0.2) is 39.1 Å². The van der Waals surface area contributed by atoms with E-state index in [0.717, 1.165) is 24.1 Å². The van der Waals surface area contributed by atoms with Crippen LogP contribution in [0.1, 0.15) is 56.7 Å². The number of benzene rings is 1. The molecule has 174 valence electrons. The summed E-state index contributed by atoms with van der Waals surface area (Å²) in [5.74, 6) is 0.346. The lowest BCUT2D eigenvalue weighted by Crippen LogP contribution is -2.22. The smallest absolute Gasteiger partial charge is 0.254 e. The maximum Gasteiger partial charge on any atom is 0.254 e. The lowest BCUT2D eigenvalue weighted by molar-refractivity contribution is -0.113. The molecule has 2 aromatic rings. The van der Waals surface area contributed by atoms with Gasteiger partial charge < -0.3 is 10.3 Å². The van der Waals surface area contributed by atoms with E-state index < -0.39 is 10.0 Å². The molecule has 1 saturated carbocycles. The third kappa shape index (κ3) is 6.91. The Balaban J connectivity index is 1.65. The van der Waals surface area contributed by atoms with Crippen LogP contribution in [0.5, 0.6) is 0 Å². The number of aromatic amines is 1. The molecule has 1 aromatic heterocycles. The van der Waals surface area contributed by atoms with Gasteiger partial charge in [-0.1, -0.05) is 57.2 Å². The van der Waals surface area contributed by atoms with Gasteiger partial charge in [-0.25, -0.2) is 18.5 Å². The highest BCUT2D eigenvalue weighted by Gasteiger charge is 2.19. The Morgan fingerprint density at radius 2 is 1.91 bits per heavy atom. The molecule has 0 atom stereocenters. The van der Waals surface area contributed by atoms with Gasteiger partial charge in [0.05, 0.1) is 16.3 Å². The van der Waals surface area contributed by atoms with Crippen molar-refractivity contribution in [3.8, 4) is 0 Å². The largest absolute Gasteiger partial charge is 0.325 e. The van der Waals surface area contributed by atoms with E-state index in [1.807, 2.05) is 6.92 Å². The third-order valence-corrected chi connectivity index (χ3v) is 7.40. The lowest BCUT2D eigenvalue weighted by atomic mass is 9.85. The van der Waals surface area contributed by atoms with E-state index in [4.69, 9.17) is 10.1 Å². The number of H-pyrrole nitrogens is 1. The van der Waals surface area contributed by atoms with Crippen molar-refractivity contribution >= 4 is 33.4 Å². The number of sulfonamides is 1. The first kappa shape index (κ1) is 24.5. The topological polar surface area (TPSA) is 135 Å². The molecule has 1 heterocycles. The number of rotatable bonds is 9. The highest BCUT2D eigenvalue weighted by molar-refractivity contribution is 7.99. The minimum Gasteiger partial charge on any atom is -0.325 e. The fourth-order valence-corrected chi connectivity index (χ4v) is 5.19. The van der Waals surface area contributed by atoms with Gasteiger partial charge >= 0.3 is 0 Å². The second kappa shape index (κ2) is 11.1. The number of hydrogen-bond acceptors (Lipinski definition) is 6. The molecule has 8 nitrogen and oxygen atoms in total. The number of nitrogens with zero attached hydrogens (tertiary/aromatic N) is 1. The van der Waals surface area contributed by atoms with Gasteiger partial charge in [-0.2, -0.15) is 0 Å². The first-order valence-electron chi connectivity index (χ1n) is 10.9. The van der Waals surface area contributed by atoms with Crippen LogP contribution in [0.2, 0.25) is 0 Å². The summed E-state index contributed by atoms with van der Waals surface area (Å²) >= 11 is 1.18. The van der Waals surface area contributed by atoms with Crippen molar-refractivity contribution in [1.29, 1.82) is 0 Å². The second-order valence-corrected chi connectivity index (χ2v) is 10.7. The molecule has 1 amide bonds. The van der Waals surface area contributed by atoms with E-state index in [0.29, 0.717) is 23.2 Å². The zero-order valence-corrected chi connectivity index (χ0v) is 19.9. The Hall–Kier alpha value is -2.17. The number of carbonyl (C=O) groups is 1. The molecular weight excluding hydrogens is 448 g/mol. The van der Waals surface area contributed by atoms with Crippen LogP contribution in [0, 0.1) is 5.92 Å². The number of thioether (sulfide) groups is 1. The van der Waals surface area contributed by atoms with Gasteiger partial charge in [0.15, 0.2) is 5.16 Å². The van der Waals surface area contributed by atoms with Crippen molar-refractivity contribution in [3.05, 3.63) is 45.9 Å². The fraction of sp³-hybridized carbons (Fsp3) is 0.500. The average molecular weight is 479 g/mol. The zero-order chi connectivity index (χ0) is 23.1. The van der Waals surface area contributed by atoms with E-state index >= 15 is 0 Å². The molecule has 3 rings (SSSR count). The molecule has 10 heteroatoms. The number of primary sulfonamides is 1. The van der Waals surface area contributed by atoms with Crippen molar-refractivity contribution < 1.29 is 13.2 Å². The number of anilines is 1. The summed E-state index contributed by atoms with van der Waals surface area (Å²) in [7, 11) is -3.78. The molecule has 0 spiro atoms. The Morgan fingerprint density at radius 1 is 1.22 bits per heavy atom. The van der Waals surface area contributed by atoms with Crippen LogP contribution >= 0.6 is 11.8 Å². The van der Waals surface area contributed by atoms with E-state index in [2.05, 4.69) is 10.3 Å². The predicted octanol–water partition coefficient (Wildman–Crippen LogP) is 3.22. The third-order valence-electron chi connectivity index (χ3n) is 5.59. The first-order valence-corrected chi connectivity index (χ1v) is 13.5. The standard InChI is InChI=1S/C22H30N4O4S2/c1-2-6-18-19(13-15-7-4-3-5-8-15)25-22(26-21(18)28)31-14-20(27)24-16-9-11-17(12-10-16)32(23,29)30/h9-12,15H,2-8,13-14H2,1H3,(H,24,27)(H2,23,29,30)(H,25,26,28). The summed E-state index contributed by atoms with van der Waals surface area (Å²) in [5.41, 5.74) is 1.97. The molecule has 0 radical (unpaired) electrons. The quantitative estimate of drug-likeness (QED) is 0.374. The lowest BCUT2D eigenvalue weighted by Gasteiger charge is -2.22. The van der Waals surface area contributed by atoms with Crippen molar-refractivity contribution in [3.63, 3.8) is 0 Å². The predicted molar refractivity (Wildman–Crippen MR) is 126 cm³/mol. The Bertz CT molecular complexity index is 1090. The van der Waals surface area contributed by atoms with Crippen LogP contribution in [-0.2, 0) is 27.7 Å². The number of nitrogens with two attached hydrogens (primary N) is 1. The molecule has 0 aliphatic heterocycles. The van der Waals surface area contributed by atoms with Crippen LogP contribution in [0.25, 0.3) is 0 Å². The Kier molecular flexibility index (Phi) is 8.50. The van der Waals surface area contributed by atoms with Crippen molar-refractivity contribution in [2.75, 3.05) is 11.1 Å². The summed E-state index contributed by atoms with van der Waals surface area (Å²) in [5, 5.41) is 8.23. The maximum absolute atomic E-state index is 12.7. The van der Waals surface area contributed by atoms with Crippen molar-refractivity contribution in [1.82, 2.24) is 9.97 Å². The molecule has 4 N–H and O–H groups in total. The van der Waals surface area contributed by atoms with Gasteiger partial charge in [0.25, 0.3) is 5.56 Å². The first-order chi connectivity index (χ1) is 15.3. The number of hydrogen-bond donors (Lipinski definition) is 3. The molecule has 0 unspecified atom stereocenters. The van der Waals surface area contributed by atoms with Gasteiger partial charge in [0, 0.05) is 11.3 Å². The average Bonchev–Trinajstić information content (AvgIpc) is 2.75. The van der Waals surface area contributed by atoms with E-state index in [-0.39, 0.29) is 22.1 Å². The Labute approximate surface area is 192 Å². The molecule has 0 bridgehead atoms. The zero-order valence-electron chi connectivity index (χ0n) is 18.2. The summed E-state index contributed by atoms with van der Waals surface area (Å²) in [4.78, 5) is 32.5. The number of carbonyl (C=O) groups excluding carboxylic acids is 1. The highest BCUT2D eigenvalue weighted by atomic mass is 32.2. The normalized spacial score (nSPS) is 14.9. The molecule has 32 heavy (non-hydrogen) atoms. The summed E-state index contributed by atoms with van der Waals surface area (Å²) in [6.45, 7) is 2.05. The van der Waals surface area contributed by atoms with E-state index in [9.17, 15) is 18.0 Å². The van der Waals surface area contributed by atoms with Crippen LogP contribution in [0.4, 0.5) is 5.69 Å². The van der Waals surface area contributed by atoms with Gasteiger partial charge in [-0.3, -0.25) is 9.59 Å². The van der Waals surface area contributed by atoms with E-state index in [1.165, 1.54) is 68.1 Å². The van der Waals surface area contributed by atoms with Crippen LogP contribution < -0.4 is 16.0 Å². The summed E-state index contributed by atoms with van der Waals surface area (Å²) in [6, 6.07) is 5.62. The minimum atomic E-state index is -3.78. The number of amides is 1. The molecular formula is C22H30N4O4S2. The number of nitrogens with one attached hydrogen (secondary N) is 2. The van der Waals surface area contributed by atoms with Gasteiger partial charge in [-0.15, -0.1) is 0 Å². The minimum absolute atomic E-state index is 0.0238. The molecule has 1 fully saturated rings. The SMILES string of the molecule is CCCc1c(CC2CCCCC2)nc(SCC(=O)Nc2ccc(S(N)(=O)=O)cc2)[nH]c1=O. The number of aromatic nitrogens is 2. The molecule has 0 saturated heterocycles. The molecule has 1 aliphatic carbocycles. The molecule has 1 aliphatic rings. The molecule has 1 aromatic carbocycles.